The summed E-state index contributed by atoms with van der Waals surface area (Å²) >= 11 is 3.46. The van der Waals surface area contributed by atoms with Crippen LogP contribution in [0.15, 0.2) is 53.0 Å². The standard InChI is InChI=1S/C22H23BrN2O4/c1-29-22(28)16-4-2-14(3-5-16)10-24-11-18-21(15-6-8-17(23)9-7-15)19(13-26)25(18)20(27)12-24/h2-9,18-19,21,26H,10-13H2,1H3/t18-,19+,21-/m1/s1. The van der Waals surface area contributed by atoms with Crippen LogP contribution in [0.5, 0.6) is 0 Å². The largest absolute Gasteiger partial charge is 0.465 e. The second kappa shape index (κ2) is 8.26. The zero-order valence-electron chi connectivity index (χ0n) is 16.1. The fourth-order valence-corrected chi connectivity index (χ4v) is 4.76. The number of methoxy groups -OCH3 is 1. The average molecular weight is 459 g/mol. The molecule has 1 N–H and O–H groups in total. The van der Waals surface area contributed by atoms with Gasteiger partial charge in [-0.05, 0) is 35.4 Å². The van der Waals surface area contributed by atoms with Crippen molar-refractivity contribution in [2.45, 2.75) is 24.5 Å². The van der Waals surface area contributed by atoms with Gasteiger partial charge in [0, 0.05) is 23.5 Å². The number of aliphatic hydroxyl groups excluding tert-OH is 1. The van der Waals surface area contributed by atoms with Gasteiger partial charge in [-0.1, -0.05) is 40.2 Å². The van der Waals surface area contributed by atoms with Crippen LogP contribution in [0.3, 0.4) is 0 Å². The van der Waals surface area contributed by atoms with E-state index >= 15 is 0 Å². The Labute approximate surface area is 178 Å². The highest BCUT2D eigenvalue weighted by molar-refractivity contribution is 9.10. The number of aliphatic hydroxyl groups is 1. The fraction of sp³-hybridized carbons (Fsp3) is 0.364. The van der Waals surface area contributed by atoms with E-state index < -0.39 is 0 Å². The molecule has 1 amide bonds. The number of ether oxygens (including phenoxy) is 1. The molecule has 2 fully saturated rings. The van der Waals surface area contributed by atoms with Crippen LogP contribution < -0.4 is 0 Å². The van der Waals surface area contributed by atoms with E-state index in [1.165, 1.54) is 7.11 Å². The van der Waals surface area contributed by atoms with Crippen molar-refractivity contribution in [2.24, 2.45) is 0 Å². The van der Waals surface area contributed by atoms with Gasteiger partial charge in [0.2, 0.25) is 5.91 Å². The van der Waals surface area contributed by atoms with Gasteiger partial charge < -0.3 is 14.7 Å². The lowest BCUT2D eigenvalue weighted by atomic mass is 9.74. The van der Waals surface area contributed by atoms with Crippen molar-refractivity contribution < 1.29 is 19.4 Å². The van der Waals surface area contributed by atoms with Gasteiger partial charge in [-0.25, -0.2) is 4.79 Å². The van der Waals surface area contributed by atoms with Crippen LogP contribution in [0, 0.1) is 0 Å². The first-order chi connectivity index (χ1) is 14.0. The molecular formula is C22H23BrN2O4. The van der Waals surface area contributed by atoms with Gasteiger partial charge in [-0.2, -0.15) is 0 Å². The maximum Gasteiger partial charge on any atom is 0.337 e. The molecule has 2 aliphatic heterocycles. The molecule has 2 heterocycles. The van der Waals surface area contributed by atoms with Crippen molar-refractivity contribution in [2.75, 3.05) is 26.8 Å². The van der Waals surface area contributed by atoms with Crippen molar-refractivity contribution in [3.63, 3.8) is 0 Å². The van der Waals surface area contributed by atoms with Crippen LogP contribution in [-0.4, -0.2) is 65.7 Å². The van der Waals surface area contributed by atoms with Crippen LogP contribution in [0.2, 0.25) is 0 Å². The number of rotatable bonds is 5. The highest BCUT2D eigenvalue weighted by Crippen LogP contribution is 2.43. The molecular weight excluding hydrogens is 436 g/mol. The molecule has 29 heavy (non-hydrogen) atoms. The summed E-state index contributed by atoms with van der Waals surface area (Å²) in [6, 6.07) is 15.3. The summed E-state index contributed by atoms with van der Waals surface area (Å²) in [7, 11) is 1.36. The number of piperazine rings is 1. The molecule has 2 saturated heterocycles. The molecule has 0 saturated carbocycles. The third-order valence-corrected chi connectivity index (χ3v) is 6.39. The van der Waals surface area contributed by atoms with E-state index in [1.807, 2.05) is 29.2 Å². The third kappa shape index (κ3) is 3.82. The first kappa shape index (κ1) is 20.1. The first-order valence-corrected chi connectivity index (χ1v) is 10.4. The van der Waals surface area contributed by atoms with Crippen LogP contribution >= 0.6 is 15.9 Å². The SMILES string of the molecule is COC(=O)c1ccc(CN2CC(=O)N3[C@H](C2)[C@@H](c2ccc(Br)cc2)[C@@H]3CO)cc1. The Kier molecular flexibility index (Phi) is 5.72. The Morgan fingerprint density at radius 1 is 1.17 bits per heavy atom. The third-order valence-electron chi connectivity index (χ3n) is 5.86. The summed E-state index contributed by atoms with van der Waals surface area (Å²) in [5, 5.41) is 9.87. The number of carbonyl (C=O) groups is 2. The Morgan fingerprint density at radius 2 is 1.86 bits per heavy atom. The first-order valence-electron chi connectivity index (χ1n) is 9.59. The summed E-state index contributed by atoms with van der Waals surface area (Å²) in [6.07, 6.45) is 0. The zero-order chi connectivity index (χ0) is 20.5. The molecule has 2 aliphatic rings. The minimum atomic E-state index is -0.359. The Morgan fingerprint density at radius 3 is 2.48 bits per heavy atom. The summed E-state index contributed by atoms with van der Waals surface area (Å²) in [5.41, 5.74) is 2.69. The van der Waals surface area contributed by atoms with Crippen molar-refractivity contribution in [1.29, 1.82) is 0 Å². The molecule has 0 aliphatic carbocycles. The van der Waals surface area contributed by atoms with E-state index in [4.69, 9.17) is 4.74 Å². The molecule has 0 spiro atoms. The number of benzene rings is 2. The molecule has 2 aromatic carbocycles. The molecule has 0 aromatic heterocycles. The highest BCUT2D eigenvalue weighted by Gasteiger charge is 2.53. The molecule has 4 rings (SSSR count). The zero-order valence-corrected chi connectivity index (χ0v) is 17.7. The smallest absolute Gasteiger partial charge is 0.337 e. The second-order valence-corrected chi connectivity index (χ2v) is 8.47. The van der Waals surface area contributed by atoms with Gasteiger partial charge in [0.05, 0.1) is 37.9 Å². The summed E-state index contributed by atoms with van der Waals surface area (Å²) in [6.45, 7) is 1.69. The van der Waals surface area contributed by atoms with Crippen molar-refractivity contribution in [3.8, 4) is 0 Å². The summed E-state index contributed by atoms with van der Waals surface area (Å²) in [4.78, 5) is 28.3. The van der Waals surface area contributed by atoms with E-state index in [2.05, 4.69) is 33.0 Å². The van der Waals surface area contributed by atoms with Crippen molar-refractivity contribution >= 4 is 27.8 Å². The predicted molar refractivity (Wildman–Crippen MR) is 111 cm³/mol. The maximum atomic E-state index is 12.7. The van der Waals surface area contributed by atoms with Gasteiger partial charge in [-0.15, -0.1) is 0 Å². The quantitative estimate of drug-likeness (QED) is 0.696. The lowest BCUT2D eigenvalue weighted by molar-refractivity contribution is -0.162. The Hall–Kier alpha value is -2.22. The number of halogens is 1. The Balaban J connectivity index is 1.49. The molecule has 6 nitrogen and oxygen atoms in total. The van der Waals surface area contributed by atoms with Crippen LogP contribution in [0.4, 0.5) is 0 Å². The van der Waals surface area contributed by atoms with E-state index in [0.717, 1.165) is 22.1 Å². The average Bonchev–Trinajstić information content (AvgIpc) is 2.71. The molecule has 0 unspecified atom stereocenters. The van der Waals surface area contributed by atoms with E-state index in [1.54, 1.807) is 12.1 Å². The molecule has 0 bridgehead atoms. The number of esters is 1. The van der Waals surface area contributed by atoms with Crippen LogP contribution in [0.1, 0.15) is 27.4 Å². The summed E-state index contributed by atoms with van der Waals surface area (Å²) in [5.74, 6) is -0.177. The highest BCUT2D eigenvalue weighted by atomic mass is 79.9. The number of amides is 1. The molecule has 2 aromatic rings. The lowest BCUT2D eigenvalue weighted by Crippen LogP contribution is -2.72. The Bertz CT molecular complexity index is 900. The number of hydrogen-bond acceptors (Lipinski definition) is 5. The van der Waals surface area contributed by atoms with Crippen molar-refractivity contribution in [1.82, 2.24) is 9.80 Å². The molecule has 7 heteroatoms. The molecule has 3 atom stereocenters. The lowest BCUT2D eigenvalue weighted by Gasteiger charge is -2.59. The fourth-order valence-electron chi connectivity index (χ4n) is 4.49. The van der Waals surface area contributed by atoms with Gasteiger partial charge in [0.25, 0.3) is 0 Å². The number of nitrogens with zero attached hydrogens (tertiary/aromatic N) is 2. The van der Waals surface area contributed by atoms with E-state index in [-0.39, 0.29) is 36.5 Å². The van der Waals surface area contributed by atoms with Gasteiger partial charge in [0.15, 0.2) is 0 Å². The maximum absolute atomic E-state index is 12.7. The minimum absolute atomic E-state index is 0.0298. The normalized spacial score (nSPS) is 24.0. The molecule has 0 radical (unpaired) electrons. The van der Waals surface area contributed by atoms with Crippen LogP contribution in [-0.2, 0) is 16.1 Å². The van der Waals surface area contributed by atoms with Gasteiger partial charge >= 0.3 is 5.97 Å². The molecule has 152 valence electrons. The van der Waals surface area contributed by atoms with Crippen molar-refractivity contribution in [3.05, 3.63) is 69.7 Å². The van der Waals surface area contributed by atoms with Gasteiger partial charge in [-0.3, -0.25) is 9.69 Å². The number of carbonyl (C=O) groups excluding carboxylic acids is 2. The van der Waals surface area contributed by atoms with E-state index in [0.29, 0.717) is 18.7 Å². The summed E-state index contributed by atoms with van der Waals surface area (Å²) < 4.78 is 5.74. The monoisotopic (exact) mass is 458 g/mol. The number of hydrogen-bond donors (Lipinski definition) is 1. The van der Waals surface area contributed by atoms with E-state index in [9.17, 15) is 14.7 Å². The predicted octanol–water partition coefficient (Wildman–Crippen LogP) is 2.41. The minimum Gasteiger partial charge on any atom is -0.465 e. The topological polar surface area (TPSA) is 70.1 Å². The van der Waals surface area contributed by atoms with Crippen LogP contribution in [0.25, 0.3) is 0 Å². The van der Waals surface area contributed by atoms with Gasteiger partial charge in [0.1, 0.15) is 0 Å². The number of fused-ring (bicyclic) bond motifs is 1. The second-order valence-electron chi connectivity index (χ2n) is 7.55.